The average Bonchev–Trinajstić information content (AvgIpc) is 2.67. The van der Waals surface area contributed by atoms with E-state index in [-0.39, 0.29) is 6.61 Å². The summed E-state index contributed by atoms with van der Waals surface area (Å²) in [6, 6.07) is 25.6. The molecule has 3 nitrogen and oxygen atoms in total. The lowest BCUT2D eigenvalue weighted by molar-refractivity contribution is -0.136. The zero-order valence-electron chi connectivity index (χ0n) is 14.4. The fourth-order valence-corrected chi connectivity index (χ4v) is 3.08. The molecule has 26 heavy (non-hydrogen) atoms. The van der Waals surface area contributed by atoms with Crippen molar-refractivity contribution in [3.8, 4) is 11.5 Å². The van der Waals surface area contributed by atoms with Crippen molar-refractivity contribution in [3.63, 3.8) is 0 Å². The summed E-state index contributed by atoms with van der Waals surface area (Å²) >= 11 is 0. The van der Waals surface area contributed by atoms with Gasteiger partial charge in [0.15, 0.2) is 6.61 Å². The summed E-state index contributed by atoms with van der Waals surface area (Å²) in [6.45, 7) is 1.76. The lowest BCUT2D eigenvalue weighted by Crippen LogP contribution is -2.18. The normalized spacial score (nSPS) is 10.8. The molecule has 4 aromatic rings. The van der Waals surface area contributed by atoms with Crippen molar-refractivity contribution in [3.05, 3.63) is 84.4 Å². The highest BCUT2D eigenvalue weighted by Gasteiger charge is 2.12. The Morgan fingerprint density at radius 3 is 2.04 bits per heavy atom. The van der Waals surface area contributed by atoms with Gasteiger partial charge in [-0.1, -0.05) is 66.7 Å². The van der Waals surface area contributed by atoms with Crippen LogP contribution >= 0.6 is 0 Å². The van der Waals surface area contributed by atoms with Gasteiger partial charge in [0.05, 0.1) is 0 Å². The second kappa shape index (κ2) is 6.89. The van der Waals surface area contributed by atoms with Crippen LogP contribution in [0.3, 0.4) is 0 Å². The van der Waals surface area contributed by atoms with Crippen LogP contribution in [0.5, 0.6) is 11.5 Å². The molecule has 0 aliphatic carbocycles. The summed E-state index contributed by atoms with van der Waals surface area (Å²) in [4.78, 5) is 12.3. The molecule has 0 spiro atoms. The maximum Gasteiger partial charge on any atom is 0.349 e. The fraction of sp³-hybridized carbons (Fsp3) is 0.0870. The van der Waals surface area contributed by atoms with Gasteiger partial charge < -0.3 is 9.47 Å². The Balaban J connectivity index is 1.64. The van der Waals surface area contributed by atoms with Crippen LogP contribution in [0.1, 0.15) is 5.56 Å². The predicted octanol–water partition coefficient (Wildman–Crippen LogP) is 5.29. The zero-order chi connectivity index (χ0) is 17.9. The quantitative estimate of drug-likeness (QED) is 0.287. The summed E-state index contributed by atoms with van der Waals surface area (Å²) in [5.74, 6) is 0.848. The third-order valence-electron chi connectivity index (χ3n) is 4.37. The summed E-state index contributed by atoms with van der Waals surface area (Å²) in [7, 11) is 0. The van der Waals surface area contributed by atoms with Gasteiger partial charge in [-0.3, -0.25) is 0 Å². The smallest absolute Gasteiger partial charge is 0.349 e. The number of carbonyl (C=O) groups excluding carboxylic acids is 1. The van der Waals surface area contributed by atoms with E-state index >= 15 is 0 Å². The number of hydrogen-bond donors (Lipinski definition) is 0. The monoisotopic (exact) mass is 342 g/mol. The fourth-order valence-electron chi connectivity index (χ4n) is 3.08. The molecule has 3 heteroatoms. The second-order valence-corrected chi connectivity index (χ2v) is 6.18. The van der Waals surface area contributed by atoms with Crippen molar-refractivity contribution in [2.45, 2.75) is 6.92 Å². The average molecular weight is 342 g/mol. The molecule has 0 aliphatic heterocycles. The second-order valence-electron chi connectivity index (χ2n) is 6.18. The molecule has 0 N–H and O–H groups in total. The molecule has 0 heterocycles. The molecule has 4 rings (SSSR count). The van der Waals surface area contributed by atoms with Gasteiger partial charge in [-0.25, -0.2) is 4.79 Å². The number of carbonyl (C=O) groups is 1. The highest BCUT2D eigenvalue weighted by molar-refractivity contribution is 6.05. The maximum atomic E-state index is 12.3. The Morgan fingerprint density at radius 1 is 0.808 bits per heavy atom. The van der Waals surface area contributed by atoms with Crippen molar-refractivity contribution < 1.29 is 14.3 Å². The molecule has 0 saturated heterocycles. The van der Waals surface area contributed by atoms with Gasteiger partial charge in [-0.2, -0.15) is 0 Å². The Hall–Kier alpha value is -3.33. The van der Waals surface area contributed by atoms with Crippen molar-refractivity contribution in [1.82, 2.24) is 0 Å². The highest BCUT2D eigenvalue weighted by Crippen LogP contribution is 2.34. The van der Waals surface area contributed by atoms with E-state index < -0.39 is 5.97 Å². The standard InChI is InChI=1S/C23H18O3/c1-16-8-2-7-13-21(16)26-22(24)15-25-23-19-11-5-3-9-17(19)14-18-10-4-6-12-20(18)23/h2-14H,15H2,1H3. The van der Waals surface area contributed by atoms with Gasteiger partial charge in [0, 0.05) is 10.8 Å². The van der Waals surface area contributed by atoms with Crippen molar-refractivity contribution in [1.29, 1.82) is 0 Å². The molecular formula is C23H18O3. The van der Waals surface area contributed by atoms with Crippen molar-refractivity contribution >= 4 is 27.5 Å². The number of para-hydroxylation sites is 1. The topological polar surface area (TPSA) is 35.5 Å². The first-order chi connectivity index (χ1) is 12.7. The summed E-state index contributed by atoms with van der Waals surface area (Å²) in [5.41, 5.74) is 0.913. The summed E-state index contributed by atoms with van der Waals surface area (Å²) in [5, 5.41) is 4.12. The van der Waals surface area contributed by atoms with Crippen LogP contribution in [-0.2, 0) is 4.79 Å². The maximum absolute atomic E-state index is 12.3. The van der Waals surface area contributed by atoms with E-state index in [1.54, 1.807) is 6.07 Å². The molecular weight excluding hydrogens is 324 g/mol. The third kappa shape index (κ3) is 3.11. The van der Waals surface area contributed by atoms with E-state index in [4.69, 9.17) is 9.47 Å². The molecule has 0 radical (unpaired) electrons. The minimum atomic E-state index is -0.420. The van der Waals surface area contributed by atoms with Crippen LogP contribution in [0, 0.1) is 6.92 Å². The lowest BCUT2D eigenvalue weighted by Gasteiger charge is -2.13. The van der Waals surface area contributed by atoms with E-state index in [1.807, 2.05) is 73.7 Å². The van der Waals surface area contributed by atoms with Gasteiger partial charge in [0.2, 0.25) is 0 Å². The van der Waals surface area contributed by atoms with E-state index in [2.05, 4.69) is 6.07 Å². The number of hydrogen-bond acceptors (Lipinski definition) is 3. The molecule has 128 valence electrons. The first-order valence-corrected chi connectivity index (χ1v) is 8.52. The Labute approximate surface area is 151 Å². The summed E-state index contributed by atoms with van der Waals surface area (Å²) in [6.07, 6.45) is 0. The van der Waals surface area contributed by atoms with Gasteiger partial charge in [-0.05, 0) is 35.4 Å². The number of aryl methyl sites for hydroxylation is 1. The van der Waals surface area contributed by atoms with E-state index in [0.29, 0.717) is 11.5 Å². The van der Waals surface area contributed by atoms with E-state index in [1.165, 1.54) is 0 Å². The summed E-state index contributed by atoms with van der Waals surface area (Å²) < 4.78 is 11.4. The molecule has 0 saturated carbocycles. The van der Waals surface area contributed by atoms with Crippen molar-refractivity contribution in [2.24, 2.45) is 0 Å². The highest BCUT2D eigenvalue weighted by atomic mass is 16.6. The largest absolute Gasteiger partial charge is 0.481 e. The van der Waals surface area contributed by atoms with Crippen LogP contribution in [0.25, 0.3) is 21.5 Å². The third-order valence-corrected chi connectivity index (χ3v) is 4.37. The SMILES string of the molecule is Cc1ccccc1OC(=O)COc1c2ccccc2cc2ccccc12. The van der Waals surface area contributed by atoms with Crippen LogP contribution in [0.2, 0.25) is 0 Å². The van der Waals surface area contributed by atoms with Crippen LogP contribution in [0.4, 0.5) is 0 Å². The van der Waals surface area contributed by atoms with Crippen LogP contribution < -0.4 is 9.47 Å². The van der Waals surface area contributed by atoms with Crippen LogP contribution in [0.15, 0.2) is 78.9 Å². The number of benzene rings is 4. The Kier molecular flexibility index (Phi) is 4.28. The molecule has 0 atom stereocenters. The molecule has 0 fully saturated rings. The molecule has 0 aliphatic rings. The minimum absolute atomic E-state index is 0.146. The van der Waals surface area contributed by atoms with E-state index in [9.17, 15) is 4.79 Å². The number of esters is 1. The molecule has 4 aromatic carbocycles. The molecule has 0 unspecified atom stereocenters. The Morgan fingerprint density at radius 2 is 1.38 bits per heavy atom. The zero-order valence-corrected chi connectivity index (χ0v) is 14.4. The van der Waals surface area contributed by atoms with Crippen LogP contribution in [-0.4, -0.2) is 12.6 Å². The van der Waals surface area contributed by atoms with Gasteiger partial charge in [0.1, 0.15) is 11.5 Å². The molecule has 0 amide bonds. The minimum Gasteiger partial charge on any atom is -0.481 e. The first-order valence-electron chi connectivity index (χ1n) is 8.52. The molecule has 0 aromatic heterocycles. The van der Waals surface area contributed by atoms with Gasteiger partial charge in [-0.15, -0.1) is 0 Å². The first kappa shape index (κ1) is 16.2. The van der Waals surface area contributed by atoms with E-state index in [0.717, 1.165) is 27.1 Å². The Bertz CT molecular complexity index is 1040. The van der Waals surface area contributed by atoms with Crippen molar-refractivity contribution in [2.75, 3.05) is 6.61 Å². The number of ether oxygens (including phenoxy) is 2. The number of rotatable bonds is 4. The number of fused-ring (bicyclic) bond motifs is 2. The van der Waals surface area contributed by atoms with Gasteiger partial charge in [0.25, 0.3) is 0 Å². The molecule has 0 bridgehead atoms. The van der Waals surface area contributed by atoms with Gasteiger partial charge >= 0.3 is 5.97 Å². The predicted molar refractivity (Wildman–Crippen MR) is 104 cm³/mol. The lowest BCUT2D eigenvalue weighted by atomic mass is 10.0.